The van der Waals surface area contributed by atoms with Crippen molar-refractivity contribution in [1.29, 1.82) is 0 Å². The Morgan fingerprint density at radius 1 is 1.35 bits per heavy atom. The lowest BCUT2D eigenvalue weighted by Gasteiger charge is -2.07. The molecule has 10 heteroatoms. The molecule has 3 rings (SSSR count). The maximum Gasteiger partial charge on any atom is 0.307 e. The van der Waals surface area contributed by atoms with Gasteiger partial charge in [-0.3, -0.25) is 19.3 Å². The third-order valence-corrected chi connectivity index (χ3v) is 4.44. The lowest BCUT2D eigenvalue weighted by Crippen LogP contribution is -2.17. The van der Waals surface area contributed by atoms with Crippen molar-refractivity contribution in [2.45, 2.75) is 19.5 Å². The molecule has 0 spiro atoms. The number of halogens is 2. The molecule has 0 bridgehead atoms. The zero-order valence-electron chi connectivity index (χ0n) is 13.8. The van der Waals surface area contributed by atoms with Crippen LogP contribution < -0.4 is 10.9 Å². The van der Waals surface area contributed by atoms with E-state index >= 15 is 0 Å². The van der Waals surface area contributed by atoms with Gasteiger partial charge < -0.3 is 10.1 Å². The van der Waals surface area contributed by atoms with Gasteiger partial charge in [-0.1, -0.05) is 29.3 Å². The van der Waals surface area contributed by atoms with Gasteiger partial charge >= 0.3 is 5.97 Å². The number of aromatic nitrogens is 4. The highest BCUT2D eigenvalue weighted by Crippen LogP contribution is 2.22. The topological polar surface area (TPSA) is 102 Å². The lowest BCUT2D eigenvalue weighted by molar-refractivity contribution is -0.140. The zero-order valence-corrected chi connectivity index (χ0v) is 15.3. The molecule has 8 nitrogen and oxygen atoms in total. The summed E-state index contributed by atoms with van der Waals surface area (Å²) in [5.41, 5.74) is 1.26. The summed E-state index contributed by atoms with van der Waals surface area (Å²) in [6.07, 6.45) is 1.59. The van der Waals surface area contributed by atoms with Crippen molar-refractivity contribution < 1.29 is 9.53 Å². The SMILES string of the molecule is COC(=O)CCn1ncc2nc(NCc3ccc(Cl)c(Cl)c3)[nH]c(=O)c21. The number of fused-ring (bicyclic) bond motifs is 1. The highest BCUT2D eigenvalue weighted by Gasteiger charge is 2.12. The Bertz CT molecular complexity index is 1010. The molecule has 2 aromatic heterocycles. The summed E-state index contributed by atoms with van der Waals surface area (Å²) >= 11 is 11.9. The van der Waals surface area contributed by atoms with E-state index < -0.39 is 0 Å². The van der Waals surface area contributed by atoms with Gasteiger partial charge in [0, 0.05) is 6.54 Å². The number of ether oxygens (including phenoxy) is 1. The fourth-order valence-electron chi connectivity index (χ4n) is 2.39. The highest BCUT2D eigenvalue weighted by atomic mass is 35.5. The fraction of sp³-hybridized carbons (Fsp3) is 0.250. The molecule has 3 aromatic rings. The number of carbonyl (C=O) groups excluding carboxylic acids is 1. The summed E-state index contributed by atoms with van der Waals surface area (Å²) in [5.74, 6) is -0.0703. The van der Waals surface area contributed by atoms with Gasteiger partial charge in [0.25, 0.3) is 5.56 Å². The average molecular weight is 396 g/mol. The second-order valence-electron chi connectivity index (χ2n) is 5.44. The molecule has 2 heterocycles. The predicted molar refractivity (Wildman–Crippen MR) is 98.6 cm³/mol. The van der Waals surface area contributed by atoms with Gasteiger partial charge in [-0.15, -0.1) is 0 Å². The molecule has 136 valence electrons. The van der Waals surface area contributed by atoms with Crippen LogP contribution in [0.1, 0.15) is 12.0 Å². The monoisotopic (exact) mass is 395 g/mol. The van der Waals surface area contributed by atoms with E-state index in [9.17, 15) is 9.59 Å². The van der Waals surface area contributed by atoms with Crippen LogP contribution in [0.4, 0.5) is 5.95 Å². The largest absolute Gasteiger partial charge is 0.469 e. The van der Waals surface area contributed by atoms with Gasteiger partial charge in [-0.2, -0.15) is 5.10 Å². The fourth-order valence-corrected chi connectivity index (χ4v) is 2.71. The number of aryl methyl sites for hydroxylation is 1. The van der Waals surface area contributed by atoms with E-state index in [0.29, 0.717) is 33.6 Å². The number of hydrogen-bond donors (Lipinski definition) is 2. The average Bonchev–Trinajstić information content (AvgIpc) is 3.04. The van der Waals surface area contributed by atoms with Crippen molar-refractivity contribution >= 4 is 46.2 Å². The molecule has 0 atom stereocenters. The first-order valence-corrected chi connectivity index (χ1v) is 8.44. The van der Waals surface area contributed by atoms with E-state index in [2.05, 4.69) is 25.1 Å². The van der Waals surface area contributed by atoms with Crippen molar-refractivity contribution in [3.8, 4) is 0 Å². The third-order valence-electron chi connectivity index (χ3n) is 3.70. The van der Waals surface area contributed by atoms with Gasteiger partial charge in [-0.05, 0) is 17.7 Å². The maximum atomic E-state index is 12.4. The molecule has 0 aliphatic carbocycles. The normalized spacial score (nSPS) is 10.9. The number of methoxy groups -OCH3 is 1. The van der Waals surface area contributed by atoms with Gasteiger partial charge in [0.2, 0.25) is 5.95 Å². The number of rotatable bonds is 6. The number of hydrogen-bond acceptors (Lipinski definition) is 6. The van der Waals surface area contributed by atoms with Crippen LogP contribution in [-0.2, 0) is 22.6 Å². The van der Waals surface area contributed by atoms with Gasteiger partial charge in [0.1, 0.15) is 5.52 Å². The molecule has 0 fully saturated rings. The van der Waals surface area contributed by atoms with E-state index in [0.717, 1.165) is 5.56 Å². The summed E-state index contributed by atoms with van der Waals surface area (Å²) < 4.78 is 6.02. The van der Waals surface area contributed by atoms with Crippen molar-refractivity contribution in [3.05, 3.63) is 50.4 Å². The summed E-state index contributed by atoms with van der Waals surface area (Å²) in [4.78, 5) is 30.6. The molecule has 1 aromatic carbocycles. The van der Waals surface area contributed by atoms with Gasteiger partial charge in [-0.25, -0.2) is 4.98 Å². The van der Waals surface area contributed by atoms with E-state index in [1.807, 2.05) is 6.07 Å². The standard InChI is InChI=1S/C16H15Cl2N5O3/c1-26-13(24)4-5-23-14-12(8-20-23)21-16(22-15(14)25)19-7-9-2-3-10(17)11(18)6-9/h2-3,6,8H,4-5,7H2,1H3,(H2,19,21,22,25). The van der Waals surface area contributed by atoms with Crippen molar-refractivity contribution in [1.82, 2.24) is 19.7 Å². The first kappa shape index (κ1) is 18.2. The molecule has 0 saturated heterocycles. The van der Waals surface area contributed by atoms with Crippen molar-refractivity contribution in [2.75, 3.05) is 12.4 Å². The number of benzene rings is 1. The molecule has 0 amide bonds. The number of H-pyrrole nitrogens is 1. The Morgan fingerprint density at radius 3 is 2.88 bits per heavy atom. The van der Waals surface area contributed by atoms with Crippen LogP contribution in [0, 0.1) is 0 Å². The van der Waals surface area contributed by atoms with Gasteiger partial charge in [0.05, 0.1) is 36.3 Å². The Morgan fingerprint density at radius 2 is 2.15 bits per heavy atom. The molecular formula is C16H15Cl2N5O3. The van der Waals surface area contributed by atoms with Crippen LogP contribution in [0.15, 0.2) is 29.2 Å². The summed E-state index contributed by atoms with van der Waals surface area (Å²) in [6, 6.07) is 5.26. The number of carbonyl (C=O) groups is 1. The van der Waals surface area contributed by atoms with Crippen LogP contribution in [0.3, 0.4) is 0 Å². The van der Waals surface area contributed by atoms with Crippen LogP contribution in [0.5, 0.6) is 0 Å². The predicted octanol–water partition coefficient (Wildman–Crippen LogP) is 2.60. The number of esters is 1. The van der Waals surface area contributed by atoms with Crippen LogP contribution >= 0.6 is 23.2 Å². The molecule has 0 aliphatic heterocycles. The van der Waals surface area contributed by atoms with Crippen molar-refractivity contribution in [3.63, 3.8) is 0 Å². The van der Waals surface area contributed by atoms with Crippen molar-refractivity contribution in [2.24, 2.45) is 0 Å². The highest BCUT2D eigenvalue weighted by molar-refractivity contribution is 6.42. The first-order chi connectivity index (χ1) is 12.5. The maximum absolute atomic E-state index is 12.4. The minimum atomic E-state index is -0.377. The number of nitrogens with zero attached hydrogens (tertiary/aromatic N) is 3. The minimum absolute atomic E-state index is 0.115. The first-order valence-electron chi connectivity index (χ1n) is 7.68. The Kier molecular flexibility index (Phi) is 5.43. The third kappa shape index (κ3) is 3.97. The van der Waals surface area contributed by atoms with E-state index in [-0.39, 0.29) is 24.5 Å². The molecule has 26 heavy (non-hydrogen) atoms. The summed E-state index contributed by atoms with van der Waals surface area (Å²) in [6.45, 7) is 0.638. The van der Waals surface area contributed by atoms with E-state index in [1.165, 1.54) is 18.0 Å². The van der Waals surface area contributed by atoms with Gasteiger partial charge in [0.15, 0.2) is 5.52 Å². The van der Waals surface area contributed by atoms with Crippen LogP contribution in [0.2, 0.25) is 10.0 Å². The van der Waals surface area contributed by atoms with E-state index in [4.69, 9.17) is 23.2 Å². The molecule has 0 aliphatic rings. The lowest BCUT2D eigenvalue weighted by atomic mass is 10.2. The molecular weight excluding hydrogens is 381 g/mol. The van der Waals surface area contributed by atoms with Crippen LogP contribution in [-0.4, -0.2) is 32.8 Å². The Labute approximate surface area is 158 Å². The van der Waals surface area contributed by atoms with Crippen LogP contribution in [0.25, 0.3) is 11.0 Å². The quantitative estimate of drug-likeness (QED) is 0.621. The second kappa shape index (κ2) is 7.76. The number of anilines is 1. The molecule has 0 unspecified atom stereocenters. The summed E-state index contributed by atoms with van der Waals surface area (Å²) in [5, 5.41) is 8.07. The zero-order chi connectivity index (χ0) is 18.7. The number of nitrogens with one attached hydrogen (secondary N) is 2. The Balaban J connectivity index is 1.77. The number of aromatic amines is 1. The Hall–Kier alpha value is -2.58. The van der Waals surface area contributed by atoms with E-state index in [1.54, 1.807) is 12.1 Å². The smallest absolute Gasteiger partial charge is 0.307 e. The molecule has 0 saturated carbocycles. The summed E-state index contributed by atoms with van der Waals surface area (Å²) in [7, 11) is 1.31. The minimum Gasteiger partial charge on any atom is -0.469 e. The molecule has 2 N–H and O–H groups in total. The molecule has 0 radical (unpaired) electrons. The second-order valence-corrected chi connectivity index (χ2v) is 6.26.